The SMILES string of the molecule is COc1cccc(-c2cncc(-c3cn(CC(C)CN(C)C)c4ccccc34)c2)c1. The molecule has 0 bridgehead atoms. The first-order valence-electron chi connectivity index (χ1n) is 10.4. The third-order valence-electron chi connectivity index (χ3n) is 5.43. The Morgan fingerprint density at radius 3 is 2.57 bits per heavy atom. The highest BCUT2D eigenvalue weighted by Gasteiger charge is 2.14. The van der Waals surface area contributed by atoms with Crippen molar-refractivity contribution in [1.29, 1.82) is 0 Å². The molecule has 1 atom stereocenters. The van der Waals surface area contributed by atoms with Gasteiger partial charge in [0.15, 0.2) is 0 Å². The average Bonchev–Trinajstić information content (AvgIpc) is 3.12. The lowest BCUT2D eigenvalue weighted by molar-refractivity contribution is 0.318. The molecule has 0 fully saturated rings. The summed E-state index contributed by atoms with van der Waals surface area (Å²) in [6.07, 6.45) is 6.15. The van der Waals surface area contributed by atoms with Crippen LogP contribution in [0.2, 0.25) is 0 Å². The molecule has 2 aromatic heterocycles. The zero-order valence-corrected chi connectivity index (χ0v) is 18.2. The summed E-state index contributed by atoms with van der Waals surface area (Å²) in [6.45, 7) is 4.36. The molecule has 0 aliphatic rings. The van der Waals surface area contributed by atoms with Crippen molar-refractivity contribution in [1.82, 2.24) is 14.5 Å². The maximum absolute atomic E-state index is 5.39. The number of benzene rings is 2. The first-order chi connectivity index (χ1) is 14.5. The minimum absolute atomic E-state index is 0.560. The maximum Gasteiger partial charge on any atom is 0.119 e. The predicted molar refractivity (Wildman–Crippen MR) is 125 cm³/mol. The van der Waals surface area contributed by atoms with E-state index < -0.39 is 0 Å². The van der Waals surface area contributed by atoms with Gasteiger partial charge in [0.05, 0.1) is 7.11 Å². The van der Waals surface area contributed by atoms with Crippen molar-refractivity contribution in [2.75, 3.05) is 27.7 Å². The van der Waals surface area contributed by atoms with Gasteiger partial charge >= 0.3 is 0 Å². The highest BCUT2D eigenvalue weighted by molar-refractivity contribution is 5.96. The first-order valence-corrected chi connectivity index (χ1v) is 10.4. The van der Waals surface area contributed by atoms with E-state index in [2.05, 4.69) is 78.1 Å². The quantitative estimate of drug-likeness (QED) is 0.407. The Hall–Kier alpha value is -3.11. The molecule has 0 aliphatic carbocycles. The van der Waals surface area contributed by atoms with Crippen LogP contribution in [-0.2, 0) is 6.54 Å². The molecule has 4 nitrogen and oxygen atoms in total. The second kappa shape index (κ2) is 8.72. The van der Waals surface area contributed by atoms with E-state index in [-0.39, 0.29) is 0 Å². The molecule has 4 aromatic rings. The van der Waals surface area contributed by atoms with E-state index >= 15 is 0 Å². The number of aromatic nitrogens is 2. The number of hydrogen-bond donors (Lipinski definition) is 0. The van der Waals surface area contributed by atoms with Gasteiger partial charge in [-0.15, -0.1) is 0 Å². The largest absolute Gasteiger partial charge is 0.497 e. The highest BCUT2D eigenvalue weighted by Crippen LogP contribution is 2.33. The molecule has 0 radical (unpaired) electrons. The number of nitrogens with zero attached hydrogens (tertiary/aromatic N) is 3. The molecule has 0 spiro atoms. The third-order valence-corrected chi connectivity index (χ3v) is 5.43. The Morgan fingerprint density at radius 1 is 0.967 bits per heavy atom. The van der Waals surface area contributed by atoms with E-state index in [0.717, 1.165) is 35.5 Å². The van der Waals surface area contributed by atoms with Gasteiger partial charge in [-0.2, -0.15) is 0 Å². The number of rotatable bonds is 7. The van der Waals surface area contributed by atoms with Crippen LogP contribution in [0.4, 0.5) is 0 Å². The van der Waals surface area contributed by atoms with Crippen LogP contribution in [0.1, 0.15) is 6.92 Å². The van der Waals surface area contributed by atoms with E-state index in [0.29, 0.717) is 5.92 Å². The summed E-state index contributed by atoms with van der Waals surface area (Å²) < 4.78 is 7.78. The second-order valence-electron chi connectivity index (χ2n) is 8.27. The number of para-hydroxylation sites is 1. The summed E-state index contributed by atoms with van der Waals surface area (Å²) in [7, 11) is 5.96. The fourth-order valence-corrected chi connectivity index (χ4v) is 4.19. The van der Waals surface area contributed by atoms with Crippen LogP contribution in [0.15, 0.2) is 73.2 Å². The maximum atomic E-state index is 5.39. The van der Waals surface area contributed by atoms with Crippen molar-refractivity contribution in [3.63, 3.8) is 0 Å². The van der Waals surface area contributed by atoms with E-state index in [9.17, 15) is 0 Å². The van der Waals surface area contributed by atoms with Crippen LogP contribution in [0.25, 0.3) is 33.2 Å². The Bertz CT molecular complexity index is 1150. The average molecular weight is 400 g/mol. The highest BCUT2D eigenvalue weighted by atomic mass is 16.5. The summed E-state index contributed by atoms with van der Waals surface area (Å²) in [5, 5.41) is 1.26. The van der Waals surface area contributed by atoms with Gasteiger partial charge in [-0.05, 0) is 49.8 Å². The van der Waals surface area contributed by atoms with Crippen molar-refractivity contribution < 1.29 is 4.74 Å². The van der Waals surface area contributed by atoms with Gasteiger partial charge in [0, 0.05) is 59.3 Å². The van der Waals surface area contributed by atoms with Crippen molar-refractivity contribution in [2.45, 2.75) is 13.5 Å². The zero-order chi connectivity index (χ0) is 21.1. The van der Waals surface area contributed by atoms with Gasteiger partial charge in [0.2, 0.25) is 0 Å². The molecule has 4 rings (SSSR count). The topological polar surface area (TPSA) is 30.3 Å². The van der Waals surface area contributed by atoms with Crippen LogP contribution in [0.3, 0.4) is 0 Å². The van der Waals surface area contributed by atoms with Gasteiger partial charge in [-0.3, -0.25) is 4.98 Å². The molecule has 0 amide bonds. The molecular formula is C26H29N3O. The van der Waals surface area contributed by atoms with Gasteiger partial charge in [-0.1, -0.05) is 37.3 Å². The van der Waals surface area contributed by atoms with Gasteiger partial charge < -0.3 is 14.2 Å². The number of fused-ring (bicyclic) bond motifs is 1. The van der Waals surface area contributed by atoms with Crippen molar-refractivity contribution in [2.24, 2.45) is 5.92 Å². The smallest absolute Gasteiger partial charge is 0.119 e. The molecule has 4 heteroatoms. The van der Waals surface area contributed by atoms with Gasteiger partial charge in [0.1, 0.15) is 5.75 Å². The van der Waals surface area contributed by atoms with Crippen LogP contribution >= 0.6 is 0 Å². The molecule has 0 aliphatic heterocycles. The Balaban J connectivity index is 1.75. The van der Waals surface area contributed by atoms with E-state index in [1.165, 1.54) is 16.5 Å². The lowest BCUT2D eigenvalue weighted by Crippen LogP contribution is -2.22. The van der Waals surface area contributed by atoms with E-state index in [1.807, 2.05) is 30.6 Å². The summed E-state index contributed by atoms with van der Waals surface area (Å²) >= 11 is 0. The van der Waals surface area contributed by atoms with Gasteiger partial charge in [-0.25, -0.2) is 0 Å². The Morgan fingerprint density at radius 2 is 1.77 bits per heavy atom. The lowest BCUT2D eigenvalue weighted by atomic mass is 10.0. The van der Waals surface area contributed by atoms with E-state index in [4.69, 9.17) is 4.74 Å². The number of pyridine rings is 1. The third kappa shape index (κ3) is 4.24. The normalized spacial score (nSPS) is 12.4. The van der Waals surface area contributed by atoms with Crippen LogP contribution in [0, 0.1) is 5.92 Å². The molecule has 2 heterocycles. The summed E-state index contributed by atoms with van der Waals surface area (Å²) in [5.74, 6) is 1.41. The summed E-state index contributed by atoms with van der Waals surface area (Å²) in [5.41, 5.74) is 5.81. The number of methoxy groups -OCH3 is 1. The van der Waals surface area contributed by atoms with Crippen LogP contribution in [0.5, 0.6) is 5.75 Å². The molecule has 0 N–H and O–H groups in total. The van der Waals surface area contributed by atoms with Crippen LogP contribution < -0.4 is 4.74 Å². The fraction of sp³-hybridized carbons (Fsp3) is 0.269. The minimum Gasteiger partial charge on any atom is -0.497 e. The zero-order valence-electron chi connectivity index (χ0n) is 18.2. The molecule has 30 heavy (non-hydrogen) atoms. The van der Waals surface area contributed by atoms with Crippen LogP contribution in [-0.4, -0.2) is 42.2 Å². The Labute approximate surface area is 178 Å². The molecule has 2 aromatic carbocycles. The fourth-order valence-electron chi connectivity index (χ4n) is 4.19. The van der Waals surface area contributed by atoms with Gasteiger partial charge in [0.25, 0.3) is 0 Å². The second-order valence-corrected chi connectivity index (χ2v) is 8.27. The molecule has 0 saturated carbocycles. The molecular weight excluding hydrogens is 370 g/mol. The molecule has 154 valence electrons. The monoisotopic (exact) mass is 399 g/mol. The Kier molecular flexibility index (Phi) is 5.86. The minimum atomic E-state index is 0.560. The lowest BCUT2D eigenvalue weighted by Gasteiger charge is -2.18. The first kappa shape index (κ1) is 20.2. The number of hydrogen-bond acceptors (Lipinski definition) is 3. The van der Waals surface area contributed by atoms with Crippen molar-refractivity contribution in [3.8, 4) is 28.0 Å². The molecule has 0 saturated heterocycles. The predicted octanol–water partition coefficient (Wildman–Crippen LogP) is 5.58. The number of ether oxygens (including phenoxy) is 1. The summed E-state index contributed by atoms with van der Waals surface area (Å²) in [4.78, 5) is 6.80. The van der Waals surface area contributed by atoms with Crippen molar-refractivity contribution in [3.05, 3.63) is 73.2 Å². The standard InChI is InChI=1S/C26H29N3O/c1-19(16-28(2)3)17-29-18-25(24-10-5-6-11-26(24)29)22-12-21(14-27-15-22)20-8-7-9-23(13-20)30-4/h5-15,18-19H,16-17H2,1-4H3. The van der Waals surface area contributed by atoms with Crippen molar-refractivity contribution >= 4 is 10.9 Å². The van der Waals surface area contributed by atoms with E-state index in [1.54, 1.807) is 7.11 Å². The summed E-state index contributed by atoms with van der Waals surface area (Å²) in [6, 6.07) is 19.0. The molecule has 1 unspecified atom stereocenters.